The fraction of sp³-hybridized carbons (Fsp3) is 0.562. The Bertz CT molecular complexity index is 992. The van der Waals surface area contributed by atoms with E-state index in [0.29, 0.717) is 10.6 Å². The molecule has 0 radical (unpaired) electrons. The van der Waals surface area contributed by atoms with Crippen LogP contribution in [0.15, 0.2) is 11.6 Å². The number of amides is 1. The van der Waals surface area contributed by atoms with Crippen molar-refractivity contribution in [3.8, 4) is 0 Å². The molecule has 6 nitrogen and oxygen atoms in total. The summed E-state index contributed by atoms with van der Waals surface area (Å²) in [4.78, 5) is 16.9. The Morgan fingerprint density at radius 3 is 2.59 bits per heavy atom. The predicted molar refractivity (Wildman–Crippen MR) is 87.7 cm³/mol. The second-order valence-electron chi connectivity index (χ2n) is 6.93. The maximum Gasteiger partial charge on any atom is 0.435 e. The van der Waals surface area contributed by atoms with E-state index in [0.717, 1.165) is 26.8 Å². The van der Waals surface area contributed by atoms with Gasteiger partial charge >= 0.3 is 12.4 Å². The Kier molecular flexibility index (Phi) is 4.64. The summed E-state index contributed by atoms with van der Waals surface area (Å²) < 4.78 is 84.5. The minimum atomic E-state index is -4.76. The van der Waals surface area contributed by atoms with Gasteiger partial charge < -0.3 is 9.64 Å². The third-order valence-electron chi connectivity index (χ3n) is 4.90. The van der Waals surface area contributed by atoms with E-state index in [1.807, 2.05) is 0 Å². The van der Waals surface area contributed by atoms with E-state index >= 15 is 0 Å². The van der Waals surface area contributed by atoms with Crippen LogP contribution < -0.4 is 0 Å². The van der Waals surface area contributed by atoms with Gasteiger partial charge in [0.25, 0.3) is 0 Å². The number of fused-ring (bicyclic) bond motifs is 1. The molecule has 1 aliphatic carbocycles. The number of hydrogen-bond acceptors (Lipinski definition) is 5. The van der Waals surface area contributed by atoms with Crippen LogP contribution in [-0.2, 0) is 28.9 Å². The monoisotopic (exact) mass is 440 g/mol. The molecule has 3 heterocycles. The molecule has 1 aliphatic heterocycles. The normalized spacial score (nSPS) is 22.7. The van der Waals surface area contributed by atoms with Crippen molar-refractivity contribution in [3.63, 3.8) is 0 Å². The van der Waals surface area contributed by atoms with Crippen molar-refractivity contribution in [2.45, 2.75) is 31.9 Å². The summed E-state index contributed by atoms with van der Waals surface area (Å²) in [5.41, 5.74) is -1.21. The van der Waals surface area contributed by atoms with E-state index in [-0.39, 0.29) is 30.2 Å². The van der Waals surface area contributed by atoms with Crippen LogP contribution in [0.1, 0.15) is 22.8 Å². The van der Waals surface area contributed by atoms with Crippen molar-refractivity contribution >= 4 is 22.2 Å². The lowest BCUT2D eigenvalue weighted by atomic mass is 10.1. The van der Waals surface area contributed by atoms with Gasteiger partial charge in [0.2, 0.25) is 10.9 Å². The maximum absolute atomic E-state index is 13.4. The molecule has 4 rings (SSSR count). The molecule has 0 saturated heterocycles. The van der Waals surface area contributed by atoms with Gasteiger partial charge in [-0.15, -0.1) is 0 Å². The number of carbonyl (C=O) groups is 1. The highest BCUT2D eigenvalue weighted by atomic mass is 32.1. The van der Waals surface area contributed by atoms with Crippen LogP contribution in [0.4, 0.5) is 26.3 Å². The third-order valence-corrected chi connectivity index (χ3v) is 5.78. The van der Waals surface area contributed by atoms with Gasteiger partial charge in [0, 0.05) is 19.7 Å². The van der Waals surface area contributed by atoms with Crippen LogP contribution in [0, 0.1) is 11.8 Å². The quantitative estimate of drug-likeness (QED) is 0.669. The first-order chi connectivity index (χ1) is 13.5. The molecule has 13 heteroatoms. The van der Waals surface area contributed by atoms with E-state index in [1.165, 1.54) is 7.11 Å². The Labute approximate surface area is 163 Å². The van der Waals surface area contributed by atoms with Gasteiger partial charge in [0.1, 0.15) is 5.01 Å². The number of nitrogens with zero attached hydrogens (tertiary/aromatic N) is 4. The van der Waals surface area contributed by atoms with Crippen LogP contribution >= 0.6 is 11.3 Å². The fourth-order valence-electron chi connectivity index (χ4n) is 3.48. The number of rotatable bonds is 5. The third kappa shape index (κ3) is 3.72. The van der Waals surface area contributed by atoms with Gasteiger partial charge in [-0.3, -0.25) is 4.79 Å². The Balaban J connectivity index is 1.58. The molecule has 0 spiro atoms. The highest BCUT2D eigenvalue weighted by Gasteiger charge is 2.57. The minimum absolute atomic E-state index is 0.00136. The Hall–Kier alpha value is -2.15. The van der Waals surface area contributed by atoms with Crippen molar-refractivity contribution in [1.29, 1.82) is 0 Å². The molecule has 1 amide bonds. The molecule has 2 aromatic rings. The summed E-state index contributed by atoms with van der Waals surface area (Å²) in [7, 11) is 1.41. The topological polar surface area (TPSA) is 59.7 Å². The predicted octanol–water partition coefficient (Wildman–Crippen LogP) is 3.42. The van der Waals surface area contributed by atoms with Crippen molar-refractivity contribution < 1.29 is 35.9 Å². The van der Waals surface area contributed by atoms with Crippen molar-refractivity contribution in [2.24, 2.45) is 11.8 Å². The summed E-state index contributed by atoms with van der Waals surface area (Å²) in [6.45, 7) is -0.520. The lowest BCUT2D eigenvalue weighted by molar-refractivity contribution is -0.150. The average Bonchev–Trinajstić information content (AvgIpc) is 3.05. The molecule has 2 aromatic heterocycles. The standard InChI is InChI=1S/C16H14F6N4O2S/c1-28-6-11-24-26-10(13(16(20,21)22)23-14(26)29-11)5-25-4-7(2-12(25)27)8-3-9(8)15(17,18)19/h2,8-9H,3-6H2,1H3/t8-,9+/m0/s1. The van der Waals surface area contributed by atoms with E-state index in [4.69, 9.17) is 4.74 Å². The fourth-order valence-corrected chi connectivity index (χ4v) is 4.36. The molecule has 0 N–H and O–H groups in total. The van der Waals surface area contributed by atoms with Crippen LogP contribution in [-0.4, -0.2) is 45.2 Å². The molecule has 158 valence electrons. The summed E-state index contributed by atoms with van der Waals surface area (Å²) in [5.74, 6) is -2.91. The smallest absolute Gasteiger partial charge is 0.377 e. The first kappa shape index (κ1) is 20.1. The van der Waals surface area contributed by atoms with Gasteiger partial charge in [-0.05, 0) is 17.9 Å². The summed E-state index contributed by atoms with van der Waals surface area (Å²) in [6.07, 6.45) is -8.12. The zero-order chi connectivity index (χ0) is 21.1. The number of methoxy groups -OCH3 is 1. The molecular formula is C16H14F6N4O2S. The molecule has 29 heavy (non-hydrogen) atoms. The zero-order valence-electron chi connectivity index (χ0n) is 14.8. The van der Waals surface area contributed by atoms with Crippen molar-refractivity contribution in [2.75, 3.05) is 13.7 Å². The average molecular weight is 440 g/mol. The lowest BCUT2D eigenvalue weighted by Crippen LogP contribution is -2.28. The first-order valence-corrected chi connectivity index (χ1v) is 9.30. The molecule has 0 aromatic carbocycles. The SMILES string of the molecule is COCc1nn2c(CN3CC([C@@H]4C[C@H]4C(F)(F)F)=CC3=O)c(C(F)(F)F)nc2s1. The molecule has 2 aliphatic rings. The molecule has 0 bridgehead atoms. The Morgan fingerprint density at radius 2 is 2.00 bits per heavy atom. The number of carbonyl (C=O) groups excluding carboxylic acids is 1. The van der Waals surface area contributed by atoms with Crippen molar-refractivity contribution in [3.05, 3.63) is 28.0 Å². The summed E-state index contributed by atoms with van der Waals surface area (Å²) in [5, 5.41) is 4.46. The molecule has 0 unspecified atom stereocenters. The van der Waals surface area contributed by atoms with E-state index in [2.05, 4.69) is 10.1 Å². The van der Waals surface area contributed by atoms with Crippen LogP contribution in [0.25, 0.3) is 4.96 Å². The number of hydrogen-bond donors (Lipinski definition) is 0. The maximum atomic E-state index is 13.4. The van der Waals surface area contributed by atoms with Crippen molar-refractivity contribution in [1.82, 2.24) is 19.5 Å². The van der Waals surface area contributed by atoms with Gasteiger partial charge in [-0.1, -0.05) is 11.3 Å². The van der Waals surface area contributed by atoms with Gasteiger partial charge in [0.05, 0.1) is 24.8 Å². The van der Waals surface area contributed by atoms with Gasteiger partial charge in [-0.25, -0.2) is 9.50 Å². The number of aromatic nitrogens is 3. The zero-order valence-corrected chi connectivity index (χ0v) is 15.7. The lowest BCUT2D eigenvalue weighted by Gasteiger charge is -2.17. The largest absolute Gasteiger partial charge is 0.435 e. The summed E-state index contributed by atoms with van der Waals surface area (Å²) in [6, 6.07) is 0. The van der Waals surface area contributed by atoms with Crippen LogP contribution in [0.3, 0.4) is 0 Å². The second-order valence-corrected chi connectivity index (χ2v) is 7.97. The Morgan fingerprint density at radius 1 is 1.28 bits per heavy atom. The van der Waals surface area contributed by atoms with Gasteiger partial charge in [0.15, 0.2) is 5.69 Å². The second kappa shape index (κ2) is 6.69. The number of imidazole rings is 1. The molecule has 1 fully saturated rings. The minimum Gasteiger partial charge on any atom is -0.377 e. The summed E-state index contributed by atoms with van der Waals surface area (Å²) >= 11 is 0.924. The first-order valence-electron chi connectivity index (χ1n) is 8.48. The number of ether oxygens (including phenoxy) is 1. The number of halogens is 6. The van der Waals surface area contributed by atoms with E-state index in [9.17, 15) is 31.1 Å². The van der Waals surface area contributed by atoms with Crippen LogP contribution in [0.2, 0.25) is 0 Å². The van der Waals surface area contributed by atoms with Crippen LogP contribution in [0.5, 0.6) is 0 Å². The highest BCUT2D eigenvalue weighted by molar-refractivity contribution is 7.16. The number of alkyl halides is 6. The highest BCUT2D eigenvalue weighted by Crippen LogP contribution is 2.54. The van der Waals surface area contributed by atoms with Gasteiger partial charge in [-0.2, -0.15) is 31.4 Å². The molecule has 1 saturated carbocycles. The molecule has 2 atom stereocenters. The van der Waals surface area contributed by atoms with E-state index < -0.39 is 42.3 Å². The molecular weight excluding hydrogens is 426 g/mol. The van der Waals surface area contributed by atoms with E-state index in [1.54, 1.807) is 0 Å².